The van der Waals surface area contributed by atoms with E-state index in [4.69, 9.17) is 15.6 Å². The fourth-order valence-electron chi connectivity index (χ4n) is 1.96. The molecule has 0 heterocycles. The van der Waals surface area contributed by atoms with Crippen molar-refractivity contribution in [3.63, 3.8) is 0 Å². The summed E-state index contributed by atoms with van der Waals surface area (Å²) in [7, 11) is 1.56. The third-order valence-corrected chi connectivity index (χ3v) is 3.12. The van der Waals surface area contributed by atoms with Crippen LogP contribution in [-0.4, -0.2) is 43.4 Å². The van der Waals surface area contributed by atoms with Gasteiger partial charge in [0, 0.05) is 13.7 Å². The maximum absolute atomic E-state index is 12.0. The van der Waals surface area contributed by atoms with E-state index in [0.29, 0.717) is 19.4 Å². The van der Waals surface area contributed by atoms with E-state index in [2.05, 4.69) is 5.32 Å². The molecular weight excluding hydrogens is 256 g/mol. The van der Waals surface area contributed by atoms with Crippen LogP contribution in [0.15, 0.2) is 30.3 Å². The van der Waals surface area contributed by atoms with Gasteiger partial charge in [0.2, 0.25) is 5.91 Å². The minimum atomic E-state index is -0.548. The summed E-state index contributed by atoms with van der Waals surface area (Å²) in [6.45, 7) is 0.380. The van der Waals surface area contributed by atoms with Gasteiger partial charge in [-0.25, -0.2) is 0 Å². The van der Waals surface area contributed by atoms with Gasteiger partial charge in [0.1, 0.15) is 0 Å². The molecule has 2 unspecified atom stereocenters. The summed E-state index contributed by atoms with van der Waals surface area (Å²) >= 11 is 0. The van der Waals surface area contributed by atoms with Crippen LogP contribution >= 0.6 is 0 Å². The zero-order chi connectivity index (χ0) is 14.8. The number of benzene rings is 1. The summed E-state index contributed by atoms with van der Waals surface area (Å²) < 4.78 is 5.00. The Kier molecular flexibility index (Phi) is 7.87. The van der Waals surface area contributed by atoms with E-state index >= 15 is 0 Å². The molecule has 112 valence electrons. The number of aliphatic hydroxyl groups excluding tert-OH is 1. The molecule has 4 N–H and O–H groups in total. The largest absolute Gasteiger partial charge is 0.396 e. The Bertz CT molecular complexity index is 378. The first-order chi connectivity index (χ1) is 9.67. The highest BCUT2D eigenvalue weighted by Crippen LogP contribution is 2.04. The number of nitrogens with two attached hydrogens (primary N) is 1. The number of aryl methyl sites for hydroxylation is 1. The van der Waals surface area contributed by atoms with Gasteiger partial charge in [0.05, 0.1) is 18.7 Å². The van der Waals surface area contributed by atoms with Gasteiger partial charge < -0.3 is 20.9 Å². The Hall–Kier alpha value is -1.43. The topological polar surface area (TPSA) is 84.6 Å². The first kappa shape index (κ1) is 16.6. The number of rotatable bonds is 9. The van der Waals surface area contributed by atoms with Crippen LogP contribution < -0.4 is 11.1 Å². The minimum Gasteiger partial charge on any atom is -0.396 e. The fraction of sp³-hybridized carbons (Fsp3) is 0.533. The number of ether oxygens (including phenoxy) is 1. The molecule has 0 aliphatic carbocycles. The Morgan fingerprint density at radius 1 is 1.35 bits per heavy atom. The molecule has 2 atom stereocenters. The van der Waals surface area contributed by atoms with Crippen molar-refractivity contribution in [1.29, 1.82) is 0 Å². The van der Waals surface area contributed by atoms with E-state index in [1.807, 2.05) is 30.3 Å². The summed E-state index contributed by atoms with van der Waals surface area (Å²) in [6.07, 6.45) is 1.82. The number of hydrogen-bond donors (Lipinski definition) is 3. The average molecular weight is 280 g/mol. The molecule has 1 rings (SSSR count). The molecule has 5 heteroatoms. The van der Waals surface area contributed by atoms with Crippen LogP contribution in [0.4, 0.5) is 0 Å². The lowest BCUT2D eigenvalue weighted by molar-refractivity contribution is -0.123. The Morgan fingerprint density at radius 2 is 2.05 bits per heavy atom. The molecule has 0 saturated heterocycles. The van der Waals surface area contributed by atoms with Gasteiger partial charge >= 0.3 is 0 Å². The van der Waals surface area contributed by atoms with Crippen LogP contribution in [0, 0.1) is 0 Å². The standard InChI is InChI=1S/C15H24N2O3/c1-20-11-13(9-10-18)17-15(19)14(16)8-7-12-5-3-2-4-6-12/h2-6,13-14,18H,7-11,16H2,1H3,(H,17,19). The number of carbonyl (C=O) groups is 1. The lowest BCUT2D eigenvalue weighted by Crippen LogP contribution is -2.47. The molecule has 0 aliphatic heterocycles. The van der Waals surface area contributed by atoms with E-state index < -0.39 is 6.04 Å². The van der Waals surface area contributed by atoms with Gasteiger partial charge in [-0.3, -0.25) is 4.79 Å². The maximum Gasteiger partial charge on any atom is 0.237 e. The number of hydrogen-bond acceptors (Lipinski definition) is 4. The molecule has 0 radical (unpaired) electrons. The highest BCUT2D eigenvalue weighted by Gasteiger charge is 2.17. The first-order valence-electron chi connectivity index (χ1n) is 6.87. The number of methoxy groups -OCH3 is 1. The predicted octanol–water partition coefficient (Wildman–Crippen LogP) is 0.460. The van der Waals surface area contributed by atoms with Crippen LogP contribution in [0.25, 0.3) is 0 Å². The second-order valence-corrected chi connectivity index (χ2v) is 4.80. The molecule has 5 nitrogen and oxygen atoms in total. The molecule has 0 spiro atoms. The van der Waals surface area contributed by atoms with Crippen molar-refractivity contribution in [3.05, 3.63) is 35.9 Å². The third-order valence-electron chi connectivity index (χ3n) is 3.12. The first-order valence-corrected chi connectivity index (χ1v) is 6.87. The quantitative estimate of drug-likeness (QED) is 0.613. The Morgan fingerprint density at radius 3 is 2.65 bits per heavy atom. The summed E-state index contributed by atoms with van der Waals surface area (Å²) in [4.78, 5) is 12.0. The van der Waals surface area contributed by atoms with E-state index in [9.17, 15) is 4.79 Å². The maximum atomic E-state index is 12.0. The fourth-order valence-corrected chi connectivity index (χ4v) is 1.96. The van der Waals surface area contributed by atoms with Crippen molar-refractivity contribution in [2.45, 2.75) is 31.3 Å². The van der Waals surface area contributed by atoms with Crippen LogP contribution in [0.1, 0.15) is 18.4 Å². The van der Waals surface area contributed by atoms with Crippen molar-refractivity contribution in [2.75, 3.05) is 20.3 Å². The second kappa shape index (κ2) is 9.47. The van der Waals surface area contributed by atoms with Gasteiger partial charge in [-0.05, 0) is 24.8 Å². The van der Waals surface area contributed by atoms with Crippen LogP contribution in [0.3, 0.4) is 0 Å². The van der Waals surface area contributed by atoms with Gasteiger partial charge in [0.25, 0.3) is 0 Å². The zero-order valence-electron chi connectivity index (χ0n) is 11.9. The monoisotopic (exact) mass is 280 g/mol. The average Bonchev–Trinajstić information content (AvgIpc) is 2.46. The molecule has 1 amide bonds. The highest BCUT2D eigenvalue weighted by molar-refractivity contribution is 5.81. The van der Waals surface area contributed by atoms with Gasteiger partial charge in [-0.15, -0.1) is 0 Å². The van der Waals surface area contributed by atoms with Crippen LogP contribution in [0.5, 0.6) is 0 Å². The SMILES string of the molecule is COCC(CCO)NC(=O)C(N)CCc1ccccc1. The van der Waals surface area contributed by atoms with Crippen molar-refractivity contribution in [1.82, 2.24) is 5.32 Å². The molecule has 20 heavy (non-hydrogen) atoms. The third kappa shape index (κ3) is 6.14. The molecule has 0 aromatic heterocycles. The predicted molar refractivity (Wildman–Crippen MR) is 78.2 cm³/mol. The molecule has 0 aliphatic rings. The van der Waals surface area contributed by atoms with Crippen LogP contribution in [0.2, 0.25) is 0 Å². The number of nitrogens with one attached hydrogen (secondary N) is 1. The van der Waals surface area contributed by atoms with E-state index in [1.54, 1.807) is 7.11 Å². The molecule has 0 fully saturated rings. The van der Waals surface area contributed by atoms with Crippen molar-refractivity contribution >= 4 is 5.91 Å². The van der Waals surface area contributed by atoms with Crippen molar-refractivity contribution in [2.24, 2.45) is 5.73 Å². The highest BCUT2D eigenvalue weighted by atomic mass is 16.5. The van der Waals surface area contributed by atoms with Gasteiger partial charge in [0.15, 0.2) is 0 Å². The summed E-state index contributed by atoms with van der Waals surface area (Å²) in [5.41, 5.74) is 7.06. The zero-order valence-corrected chi connectivity index (χ0v) is 11.9. The molecule has 1 aromatic rings. The molecule has 0 saturated carbocycles. The molecule has 0 bridgehead atoms. The van der Waals surface area contributed by atoms with Crippen LogP contribution in [-0.2, 0) is 16.0 Å². The number of carbonyl (C=O) groups excluding carboxylic acids is 1. The second-order valence-electron chi connectivity index (χ2n) is 4.80. The number of aliphatic hydroxyl groups is 1. The Balaban J connectivity index is 2.37. The van der Waals surface area contributed by atoms with Gasteiger partial charge in [-0.1, -0.05) is 30.3 Å². The summed E-state index contributed by atoms with van der Waals surface area (Å²) in [5, 5.41) is 11.7. The normalized spacial score (nSPS) is 13.8. The van der Waals surface area contributed by atoms with E-state index in [-0.39, 0.29) is 18.6 Å². The molecular formula is C15H24N2O3. The lowest BCUT2D eigenvalue weighted by atomic mass is 10.0. The summed E-state index contributed by atoms with van der Waals surface area (Å²) in [5.74, 6) is -0.198. The van der Waals surface area contributed by atoms with E-state index in [1.165, 1.54) is 5.56 Å². The summed E-state index contributed by atoms with van der Waals surface area (Å²) in [6, 6.07) is 9.19. The number of amides is 1. The lowest BCUT2D eigenvalue weighted by Gasteiger charge is -2.19. The van der Waals surface area contributed by atoms with E-state index in [0.717, 1.165) is 6.42 Å². The molecule has 1 aromatic carbocycles. The smallest absolute Gasteiger partial charge is 0.237 e. The minimum absolute atomic E-state index is 0.00750. The Labute approximate surface area is 120 Å². The van der Waals surface area contributed by atoms with Gasteiger partial charge in [-0.2, -0.15) is 0 Å². The van der Waals surface area contributed by atoms with Crippen molar-refractivity contribution < 1.29 is 14.6 Å². The van der Waals surface area contributed by atoms with Crippen molar-refractivity contribution in [3.8, 4) is 0 Å².